The highest BCUT2D eigenvalue weighted by Crippen LogP contribution is 2.38. The van der Waals surface area contributed by atoms with Crippen LogP contribution in [-0.4, -0.2) is 29.4 Å². The Bertz CT molecular complexity index is 1130. The third-order valence-corrected chi connectivity index (χ3v) is 6.17. The number of carbonyl (C=O) groups excluding carboxylic acids is 2. The van der Waals surface area contributed by atoms with Gasteiger partial charge < -0.3 is 10.1 Å². The van der Waals surface area contributed by atoms with Crippen LogP contribution in [0.15, 0.2) is 47.8 Å². The average molecular weight is 456 g/mol. The number of fused-ring (bicyclic) bond motifs is 1. The summed E-state index contributed by atoms with van der Waals surface area (Å²) in [5.74, 6) is -0.0555. The summed E-state index contributed by atoms with van der Waals surface area (Å²) in [5, 5.41) is 6.29. The van der Waals surface area contributed by atoms with Gasteiger partial charge in [0.15, 0.2) is 6.10 Å². The number of nitrogens with one attached hydrogen (secondary N) is 1. The Morgan fingerprint density at radius 3 is 2.87 bits per heavy atom. The van der Waals surface area contributed by atoms with Crippen LogP contribution in [0.3, 0.4) is 0 Å². The molecule has 2 heterocycles. The molecule has 0 spiro atoms. The molecule has 0 radical (unpaired) electrons. The van der Waals surface area contributed by atoms with Crippen LogP contribution in [0.4, 0.5) is 11.4 Å². The maximum atomic E-state index is 12.9. The van der Waals surface area contributed by atoms with E-state index >= 15 is 0 Å². The van der Waals surface area contributed by atoms with Crippen LogP contribution >= 0.6 is 22.9 Å². The van der Waals surface area contributed by atoms with E-state index in [1.54, 1.807) is 42.5 Å². The molecular formula is C23H22ClN3O3S. The molecule has 1 atom stereocenters. The van der Waals surface area contributed by atoms with Gasteiger partial charge in [0.1, 0.15) is 12.3 Å². The van der Waals surface area contributed by atoms with Crippen molar-refractivity contribution in [1.29, 1.82) is 0 Å². The quantitative estimate of drug-likeness (QED) is 0.556. The zero-order chi connectivity index (χ0) is 22.0. The molecule has 0 aliphatic carbocycles. The van der Waals surface area contributed by atoms with Gasteiger partial charge in [0, 0.05) is 10.9 Å². The van der Waals surface area contributed by atoms with Gasteiger partial charge >= 0.3 is 0 Å². The summed E-state index contributed by atoms with van der Waals surface area (Å²) < 4.78 is 5.77. The van der Waals surface area contributed by atoms with Crippen molar-refractivity contribution in [3.8, 4) is 17.0 Å². The van der Waals surface area contributed by atoms with E-state index in [-0.39, 0.29) is 18.4 Å². The van der Waals surface area contributed by atoms with Crippen molar-refractivity contribution >= 4 is 46.1 Å². The third-order valence-electron chi connectivity index (χ3n) is 4.93. The number of hydrogen-bond donors (Lipinski definition) is 1. The molecule has 2 amide bonds. The maximum Gasteiger partial charge on any atom is 0.268 e. The number of thiazole rings is 1. The lowest BCUT2D eigenvalue weighted by atomic mass is 10.1. The van der Waals surface area contributed by atoms with E-state index in [9.17, 15) is 9.59 Å². The summed E-state index contributed by atoms with van der Waals surface area (Å²) in [5.41, 5.74) is 2.78. The lowest BCUT2D eigenvalue weighted by molar-refractivity contribution is -0.127. The number of para-hydroxylation sites is 1. The number of nitrogens with zero attached hydrogens (tertiary/aromatic N) is 2. The fourth-order valence-corrected chi connectivity index (χ4v) is 4.49. The number of ether oxygens (including phenoxy) is 1. The minimum absolute atomic E-state index is 0.146. The Morgan fingerprint density at radius 1 is 1.29 bits per heavy atom. The molecule has 8 heteroatoms. The number of benzene rings is 2. The monoisotopic (exact) mass is 455 g/mol. The molecule has 6 nitrogen and oxygen atoms in total. The molecule has 0 saturated carbocycles. The first-order chi connectivity index (χ1) is 15.0. The zero-order valence-electron chi connectivity index (χ0n) is 17.2. The minimum atomic E-state index is -0.679. The van der Waals surface area contributed by atoms with Gasteiger partial charge in [-0.3, -0.25) is 14.5 Å². The van der Waals surface area contributed by atoms with Crippen LogP contribution < -0.4 is 15.0 Å². The molecule has 3 aromatic rings. The lowest BCUT2D eigenvalue weighted by Crippen LogP contribution is -2.47. The van der Waals surface area contributed by atoms with Gasteiger partial charge in [-0.25, -0.2) is 4.98 Å². The summed E-state index contributed by atoms with van der Waals surface area (Å²) in [6, 6.07) is 12.6. The molecule has 160 valence electrons. The molecule has 31 heavy (non-hydrogen) atoms. The third kappa shape index (κ3) is 4.57. The van der Waals surface area contributed by atoms with Crippen LogP contribution in [0.2, 0.25) is 5.02 Å². The number of halogens is 1. The van der Waals surface area contributed by atoms with E-state index in [1.165, 1.54) is 4.90 Å². The van der Waals surface area contributed by atoms with Gasteiger partial charge in [-0.15, -0.1) is 11.3 Å². The topological polar surface area (TPSA) is 71.5 Å². The molecule has 1 aliphatic rings. The number of hydrogen-bond acceptors (Lipinski definition) is 5. The van der Waals surface area contributed by atoms with E-state index in [0.29, 0.717) is 22.1 Å². The van der Waals surface area contributed by atoms with Crippen molar-refractivity contribution in [2.75, 3.05) is 16.8 Å². The van der Waals surface area contributed by atoms with Crippen molar-refractivity contribution in [2.45, 2.75) is 32.8 Å². The summed E-state index contributed by atoms with van der Waals surface area (Å²) in [4.78, 5) is 31.7. The first-order valence-electron chi connectivity index (χ1n) is 10.1. The van der Waals surface area contributed by atoms with Gasteiger partial charge in [-0.1, -0.05) is 30.7 Å². The van der Waals surface area contributed by atoms with Crippen LogP contribution in [-0.2, 0) is 16.0 Å². The van der Waals surface area contributed by atoms with Crippen LogP contribution in [0.25, 0.3) is 11.3 Å². The van der Waals surface area contributed by atoms with E-state index in [4.69, 9.17) is 16.3 Å². The lowest BCUT2D eigenvalue weighted by Gasteiger charge is -2.32. The summed E-state index contributed by atoms with van der Waals surface area (Å²) >= 11 is 7.76. The summed E-state index contributed by atoms with van der Waals surface area (Å²) in [6.07, 6.45) is 1.29. The van der Waals surface area contributed by atoms with Crippen LogP contribution in [0.5, 0.6) is 5.75 Å². The normalized spacial score (nSPS) is 15.4. The molecular weight excluding hydrogens is 434 g/mol. The predicted octanol–water partition coefficient (Wildman–Crippen LogP) is 5.17. The fraction of sp³-hybridized carbons (Fsp3) is 0.261. The van der Waals surface area contributed by atoms with Gasteiger partial charge in [0.05, 0.1) is 27.1 Å². The number of anilines is 2. The van der Waals surface area contributed by atoms with E-state index in [1.807, 2.05) is 23.6 Å². The Balaban J connectivity index is 1.61. The smallest absolute Gasteiger partial charge is 0.268 e. The molecule has 1 aromatic heterocycles. The Labute approximate surface area is 189 Å². The molecule has 0 bridgehead atoms. The molecule has 1 aliphatic heterocycles. The van der Waals surface area contributed by atoms with Crippen LogP contribution in [0.1, 0.15) is 25.3 Å². The fourth-order valence-electron chi connectivity index (χ4n) is 3.40. The standard InChI is InChI=1S/C23H22ClN3O3S/c1-3-6-22-26-18(13-31-22)15-9-10-20-19(11-15)27(23(29)14(2)30-20)12-21(28)25-17-8-5-4-7-16(17)24/h4-5,7-11,13-14H,3,6,12H2,1-2H3,(H,25,28). The van der Waals surface area contributed by atoms with Crippen molar-refractivity contribution in [3.05, 3.63) is 57.9 Å². The Morgan fingerprint density at radius 2 is 2.10 bits per heavy atom. The van der Waals surface area contributed by atoms with Gasteiger partial charge in [-0.2, -0.15) is 0 Å². The predicted molar refractivity (Wildman–Crippen MR) is 124 cm³/mol. The highest BCUT2D eigenvalue weighted by molar-refractivity contribution is 7.09. The maximum absolute atomic E-state index is 12.9. The second kappa shape index (κ2) is 9.08. The SMILES string of the molecule is CCCc1nc(-c2ccc3c(c2)N(CC(=O)Nc2ccccc2Cl)C(=O)C(C)O3)cs1. The van der Waals surface area contributed by atoms with E-state index < -0.39 is 6.10 Å². The van der Waals surface area contributed by atoms with Crippen LogP contribution in [0, 0.1) is 0 Å². The molecule has 4 rings (SSSR count). The molecule has 1 unspecified atom stereocenters. The van der Waals surface area contributed by atoms with Gasteiger partial charge in [-0.05, 0) is 50.1 Å². The first-order valence-corrected chi connectivity index (χ1v) is 11.3. The van der Waals surface area contributed by atoms with Crippen molar-refractivity contribution in [3.63, 3.8) is 0 Å². The molecule has 0 fully saturated rings. The average Bonchev–Trinajstić information content (AvgIpc) is 3.22. The zero-order valence-corrected chi connectivity index (χ0v) is 18.8. The highest BCUT2D eigenvalue weighted by atomic mass is 35.5. The molecule has 1 N–H and O–H groups in total. The largest absolute Gasteiger partial charge is 0.479 e. The second-order valence-electron chi connectivity index (χ2n) is 7.27. The number of amides is 2. The van der Waals surface area contributed by atoms with E-state index in [0.717, 1.165) is 29.1 Å². The number of carbonyl (C=O) groups is 2. The summed E-state index contributed by atoms with van der Waals surface area (Å²) in [6.45, 7) is 3.65. The molecule has 2 aromatic carbocycles. The Hall–Kier alpha value is -2.90. The van der Waals surface area contributed by atoms with Crippen molar-refractivity contribution < 1.29 is 14.3 Å². The number of rotatable bonds is 6. The van der Waals surface area contributed by atoms with Gasteiger partial charge in [0.25, 0.3) is 5.91 Å². The minimum Gasteiger partial charge on any atom is -0.479 e. The number of aryl methyl sites for hydroxylation is 1. The Kier molecular flexibility index (Phi) is 6.25. The first kappa shape index (κ1) is 21.3. The molecule has 0 saturated heterocycles. The van der Waals surface area contributed by atoms with Gasteiger partial charge in [0.2, 0.25) is 5.91 Å². The van der Waals surface area contributed by atoms with E-state index in [2.05, 4.69) is 17.2 Å². The summed E-state index contributed by atoms with van der Waals surface area (Å²) in [7, 11) is 0. The highest BCUT2D eigenvalue weighted by Gasteiger charge is 2.33. The van der Waals surface area contributed by atoms with Crippen molar-refractivity contribution in [2.24, 2.45) is 0 Å². The van der Waals surface area contributed by atoms with Crippen molar-refractivity contribution in [1.82, 2.24) is 4.98 Å². The second-order valence-corrected chi connectivity index (χ2v) is 8.62. The number of aromatic nitrogens is 1.